The van der Waals surface area contributed by atoms with Crippen molar-refractivity contribution < 1.29 is 17.9 Å². The van der Waals surface area contributed by atoms with Gasteiger partial charge in [-0.25, -0.2) is 8.42 Å². The van der Waals surface area contributed by atoms with E-state index in [1.165, 1.54) is 7.11 Å². The van der Waals surface area contributed by atoms with Gasteiger partial charge in [-0.05, 0) is 37.6 Å². The number of methoxy groups -OCH3 is 1. The van der Waals surface area contributed by atoms with Crippen molar-refractivity contribution in [3.8, 4) is 0 Å². The van der Waals surface area contributed by atoms with Gasteiger partial charge in [0.25, 0.3) is 0 Å². The molecule has 0 aromatic rings. The van der Waals surface area contributed by atoms with Crippen molar-refractivity contribution in [1.82, 2.24) is 5.32 Å². The number of hydrogen-bond donors (Lipinski definition) is 1. The number of esters is 1. The highest BCUT2D eigenvalue weighted by Gasteiger charge is 2.42. The zero-order valence-corrected chi connectivity index (χ0v) is 13.7. The lowest BCUT2D eigenvalue weighted by atomic mass is 9.80. The van der Waals surface area contributed by atoms with E-state index in [9.17, 15) is 13.2 Å². The Morgan fingerprint density at radius 3 is 2.50 bits per heavy atom. The number of nitrogens with one attached hydrogen (secondary N) is 1. The molecule has 1 aliphatic rings. The summed E-state index contributed by atoms with van der Waals surface area (Å²) in [5.41, 5.74) is 0. The van der Waals surface area contributed by atoms with E-state index in [1.54, 1.807) is 0 Å². The van der Waals surface area contributed by atoms with Gasteiger partial charge in [0, 0.05) is 6.04 Å². The molecular formula is C14H27NO4S. The van der Waals surface area contributed by atoms with Gasteiger partial charge in [-0.15, -0.1) is 0 Å². The van der Waals surface area contributed by atoms with E-state index < -0.39 is 26.8 Å². The molecule has 0 amide bonds. The summed E-state index contributed by atoms with van der Waals surface area (Å²) in [7, 11) is -2.26. The van der Waals surface area contributed by atoms with E-state index >= 15 is 0 Å². The van der Waals surface area contributed by atoms with Crippen LogP contribution in [0, 0.1) is 11.8 Å². The molecule has 118 valence electrons. The molecule has 4 atom stereocenters. The van der Waals surface area contributed by atoms with Crippen LogP contribution >= 0.6 is 0 Å². The monoisotopic (exact) mass is 305 g/mol. The van der Waals surface area contributed by atoms with Gasteiger partial charge in [0.05, 0.1) is 12.4 Å². The molecule has 1 saturated carbocycles. The van der Waals surface area contributed by atoms with Crippen LogP contribution in [0.3, 0.4) is 0 Å². The van der Waals surface area contributed by atoms with Gasteiger partial charge in [0.1, 0.15) is 5.75 Å². The second-order valence-electron chi connectivity index (χ2n) is 5.96. The van der Waals surface area contributed by atoms with Crippen LogP contribution in [0.4, 0.5) is 0 Å². The minimum Gasteiger partial charge on any atom is -0.468 e. The minimum absolute atomic E-state index is 0.0581. The van der Waals surface area contributed by atoms with E-state index in [1.807, 2.05) is 6.92 Å². The van der Waals surface area contributed by atoms with Crippen molar-refractivity contribution in [2.24, 2.45) is 11.8 Å². The first-order valence-corrected chi connectivity index (χ1v) is 9.05. The van der Waals surface area contributed by atoms with E-state index in [2.05, 4.69) is 23.9 Å². The molecule has 0 aromatic heterocycles. The first-order chi connectivity index (χ1) is 9.31. The molecule has 1 rings (SSSR count). The van der Waals surface area contributed by atoms with E-state index in [0.717, 1.165) is 25.8 Å². The lowest BCUT2D eigenvalue weighted by Crippen LogP contribution is -2.53. The maximum atomic E-state index is 12.5. The molecule has 0 bridgehead atoms. The molecule has 0 spiro atoms. The highest BCUT2D eigenvalue weighted by atomic mass is 32.2. The van der Waals surface area contributed by atoms with Crippen molar-refractivity contribution >= 4 is 15.8 Å². The number of hydrogen-bond acceptors (Lipinski definition) is 5. The van der Waals surface area contributed by atoms with Crippen molar-refractivity contribution in [3.05, 3.63) is 0 Å². The number of ether oxygens (including phenoxy) is 1. The second kappa shape index (κ2) is 7.41. The molecule has 1 aliphatic carbocycles. The lowest BCUT2D eigenvalue weighted by molar-refractivity contribution is -0.137. The Bertz CT molecular complexity index is 421. The molecule has 0 aromatic carbocycles. The molecule has 5 nitrogen and oxygen atoms in total. The topological polar surface area (TPSA) is 72.5 Å². The predicted octanol–water partition coefficient (Wildman–Crippen LogP) is 1.38. The first kappa shape index (κ1) is 17.4. The lowest BCUT2D eigenvalue weighted by Gasteiger charge is -2.39. The Morgan fingerprint density at radius 2 is 1.95 bits per heavy atom. The van der Waals surface area contributed by atoms with Gasteiger partial charge in [0.2, 0.25) is 0 Å². The van der Waals surface area contributed by atoms with Crippen LogP contribution in [0.25, 0.3) is 0 Å². The highest BCUT2D eigenvalue weighted by Crippen LogP contribution is 2.33. The SMILES string of the molecule is CCCNC1CC(C)CC(C)C1S(=O)(=O)CC(=O)OC. The van der Waals surface area contributed by atoms with Crippen LogP contribution < -0.4 is 5.32 Å². The molecule has 1 fully saturated rings. The van der Waals surface area contributed by atoms with Crippen LogP contribution in [0.1, 0.15) is 40.0 Å². The van der Waals surface area contributed by atoms with Crippen molar-refractivity contribution in [1.29, 1.82) is 0 Å². The van der Waals surface area contributed by atoms with Crippen molar-refractivity contribution in [2.75, 3.05) is 19.4 Å². The van der Waals surface area contributed by atoms with Gasteiger partial charge in [-0.1, -0.05) is 20.8 Å². The Labute approximate surface area is 122 Å². The summed E-state index contributed by atoms with van der Waals surface area (Å²) >= 11 is 0. The number of carbonyl (C=O) groups is 1. The third-order valence-corrected chi connectivity index (χ3v) is 6.27. The standard InChI is InChI=1S/C14H27NO4S/c1-5-6-15-12-8-10(2)7-11(3)14(12)20(17,18)9-13(16)19-4/h10-12,14-15H,5-9H2,1-4H3. The zero-order chi connectivity index (χ0) is 15.3. The van der Waals surface area contributed by atoms with E-state index in [-0.39, 0.29) is 12.0 Å². The third kappa shape index (κ3) is 4.45. The maximum Gasteiger partial charge on any atom is 0.320 e. The average molecular weight is 305 g/mol. The van der Waals surface area contributed by atoms with Crippen LogP contribution in [0.2, 0.25) is 0 Å². The largest absolute Gasteiger partial charge is 0.468 e. The van der Waals surface area contributed by atoms with Gasteiger partial charge >= 0.3 is 5.97 Å². The van der Waals surface area contributed by atoms with Gasteiger partial charge < -0.3 is 10.1 Å². The first-order valence-electron chi connectivity index (χ1n) is 7.33. The quantitative estimate of drug-likeness (QED) is 0.751. The van der Waals surface area contributed by atoms with Gasteiger partial charge in [-0.2, -0.15) is 0 Å². The number of carbonyl (C=O) groups excluding carboxylic acids is 1. The molecule has 0 heterocycles. The second-order valence-corrected chi connectivity index (χ2v) is 8.12. The molecule has 6 heteroatoms. The van der Waals surface area contributed by atoms with Crippen LogP contribution in [-0.4, -0.2) is 45.1 Å². The zero-order valence-electron chi connectivity index (χ0n) is 12.9. The Kier molecular flexibility index (Phi) is 6.45. The molecule has 20 heavy (non-hydrogen) atoms. The van der Waals surface area contributed by atoms with E-state index in [0.29, 0.717) is 5.92 Å². The van der Waals surface area contributed by atoms with Crippen LogP contribution in [0.5, 0.6) is 0 Å². The summed E-state index contributed by atoms with van der Waals surface area (Å²) < 4.78 is 29.5. The fraction of sp³-hybridized carbons (Fsp3) is 0.929. The summed E-state index contributed by atoms with van der Waals surface area (Å²) in [4.78, 5) is 11.3. The van der Waals surface area contributed by atoms with Crippen LogP contribution in [-0.2, 0) is 19.4 Å². The summed E-state index contributed by atoms with van der Waals surface area (Å²) in [6, 6.07) is -0.0663. The van der Waals surface area contributed by atoms with Gasteiger partial charge in [0.15, 0.2) is 9.84 Å². The third-order valence-electron chi connectivity index (χ3n) is 4.01. The fourth-order valence-electron chi connectivity index (χ4n) is 3.28. The maximum absolute atomic E-state index is 12.5. The summed E-state index contributed by atoms with van der Waals surface area (Å²) in [6.45, 7) is 6.98. The highest BCUT2D eigenvalue weighted by molar-refractivity contribution is 7.92. The fourth-order valence-corrected chi connectivity index (χ4v) is 5.45. The molecule has 0 aliphatic heterocycles. The number of sulfone groups is 1. The predicted molar refractivity (Wildman–Crippen MR) is 79.2 cm³/mol. The Balaban J connectivity index is 2.92. The smallest absolute Gasteiger partial charge is 0.320 e. The van der Waals surface area contributed by atoms with E-state index in [4.69, 9.17) is 0 Å². The summed E-state index contributed by atoms with van der Waals surface area (Å²) in [6.07, 6.45) is 2.69. The molecular weight excluding hydrogens is 278 g/mol. The Morgan fingerprint density at radius 1 is 1.30 bits per heavy atom. The summed E-state index contributed by atoms with van der Waals surface area (Å²) in [5, 5.41) is 2.85. The van der Waals surface area contributed by atoms with Gasteiger partial charge in [-0.3, -0.25) is 4.79 Å². The molecule has 0 radical (unpaired) electrons. The number of rotatable bonds is 6. The minimum atomic E-state index is -3.48. The average Bonchev–Trinajstić information content (AvgIpc) is 2.34. The molecule has 0 saturated heterocycles. The van der Waals surface area contributed by atoms with Crippen LogP contribution in [0.15, 0.2) is 0 Å². The summed E-state index contributed by atoms with van der Waals surface area (Å²) in [5.74, 6) is -0.631. The molecule has 1 N–H and O–H groups in total. The normalized spacial score (nSPS) is 31.0. The van der Waals surface area contributed by atoms with Crippen molar-refractivity contribution in [3.63, 3.8) is 0 Å². The Hall–Kier alpha value is -0.620. The van der Waals surface area contributed by atoms with Crippen molar-refractivity contribution in [2.45, 2.75) is 51.3 Å². The molecule has 4 unspecified atom stereocenters.